The van der Waals surface area contributed by atoms with Crippen molar-refractivity contribution in [1.82, 2.24) is 5.32 Å². The van der Waals surface area contributed by atoms with Gasteiger partial charge >= 0.3 is 11.9 Å². The van der Waals surface area contributed by atoms with Crippen molar-refractivity contribution in [3.63, 3.8) is 0 Å². The number of hydrogen-bond acceptors (Lipinski definition) is 5. The number of carbonyl (C=O) groups excluding carboxylic acids is 2. The van der Waals surface area contributed by atoms with Crippen molar-refractivity contribution >= 4 is 11.9 Å². The molecular weight excluding hydrogens is 234 g/mol. The minimum atomic E-state index is -0.628. The molecule has 1 saturated heterocycles. The van der Waals surface area contributed by atoms with Crippen LogP contribution in [0.1, 0.15) is 23.2 Å². The van der Waals surface area contributed by atoms with E-state index in [0.29, 0.717) is 17.7 Å². The van der Waals surface area contributed by atoms with Gasteiger partial charge in [0.1, 0.15) is 11.8 Å². The van der Waals surface area contributed by atoms with Gasteiger partial charge in [0, 0.05) is 0 Å². The highest BCUT2D eigenvalue weighted by molar-refractivity contribution is 5.98. The fourth-order valence-electron chi connectivity index (χ4n) is 1.83. The van der Waals surface area contributed by atoms with Crippen molar-refractivity contribution in [2.75, 3.05) is 13.7 Å². The first kappa shape index (κ1) is 12.6. The molecule has 18 heavy (non-hydrogen) atoms. The fraction of sp³-hybridized carbons (Fsp3) is 0.385. The lowest BCUT2D eigenvalue weighted by Crippen LogP contribution is -2.33. The predicted molar refractivity (Wildman–Crippen MR) is 64.4 cm³/mol. The van der Waals surface area contributed by atoms with E-state index in [4.69, 9.17) is 9.47 Å². The Morgan fingerprint density at radius 3 is 2.56 bits per heavy atom. The first-order valence-electron chi connectivity index (χ1n) is 5.84. The molecule has 2 rings (SSSR count). The van der Waals surface area contributed by atoms with Gasteiger partial charge in [-0.2, -0.15) is 0 Å². The summed E-state index contributed by atoms with van der Waals surface area (Å²) in [5.41, 5.74) is 0.335. The van der Waals surface area contributed by atoms with E-state index in [-0.39, 0.29) is 6.04 Å². The van der Waals surface area contributed by atoms with Crippen LogP contribution in [-0.2, 0) is 9.53 Å². The summed E-state index contributed by atoms with van der Waals surface area (Å²) < 4.78 is 9.79. The van der Waals surface area contributed by atoms with Gasteiger partial charge in [-0.15, -0.1) is 0 Å². The molecule has 1 aliphatic rings. The van der Waals surface area contributed by atoms with Crippen LogP contribution in [0, 0.1) is 0 Å². The van der Waals surface area contributed by atoms with Crippen LogP contribution in [0.15, 0.2) is 24.3 Å². The zero-order chi connectivity index (χ0) is 13.0. The SMILES string of the molecule is COc1ccc(C(=O)OC(=O)[C@@H]2CCCN2)cc1. The van der Waals surface area contributed by atoms with Crippen LogP contribution in [0.25, 0.3) is 0 Å². The van der Waals surface area contributed by atoms with E-state index in [0.717, 1.165) is 13.0 Å². The minimum absolute atomic E-state index is 0.335. The summed E-state index contributed by atoms with van der Waals surface area (Å²) in [5, 5.41) is 2.98. The molecule has 0 aromatic heterocycles. The van der Waals surface area contributed by atoms with Crippen LogP contribution in [0.3, 0.4) is 0 Å². The topological polar surface area (TPSA) is 64.6 Å². The molecule has 1 aromatic carbocycles. The smallest absolute Gasteiger partial charge is 0.345 e. The van der Waals surface area contributed by atoms with E-state index >= 15 is 0 Å². The Kier molecular flexibility index (Phi) is 3.94. The second-order valence-electron chi connectivity index (χ2n) is 4.09. The first-order valence-corrected chi connectivity index (χ1v) is 5.84. The van der Waals surface area contributed by atoms with Crippen LogP contribution in [0.2, 0.25) is 0 Å². The lowest BCUT2D eigenvalue weighted by molar-refractivity contribution is -0.139. The largest absolute Gasteiger partial charge is 0.497 e. The van der Waals surface area contributed by atoms with Gasteiger partial charge in [-0.3, -0.25) is 0 Å². The quantitative estimate of drug-likeness (QED) is 0.642. The lowest BCUT2D eigenvalue weighted by atomic mass is 10.2. The Morgan fingerprint density at radius 2 is 2.00 bits per heavy atom. The van der Waals surface area contributed by atoms with E-state index in [2.05, 4.69) is 5.32 Å². The van der Waals surface area contributed by atoms with Gasteiger partial charge in [0.2, 0.25) is 0 Å². The number of ether oxygens (including phenoxy) is 2. The van der Waals surface area contributed by atoms with Crippen LogP contribution < -0.4 is 10.1 Å². The monoisotopic (exact) mass is 249 g/mol. The summed E-state index contributed by atoms with van der Waals surface area (Å²) in [6, 6.07) is 6.07. The Balaban J connectivity index is 1.95. The molecule has 1 fully saturated rings. The van der Waals surface area contributed by atoms with Gasteiger partial charge in [0.25, 0.3) is 0 Å². The molecule has 1 heterocycles. The van der Waals surface area contributed by atoms with E-state index in [1.165, 1.54) is 0 Å². The lowest BCUT2D eigenvalue weighted by Gasteiger charge is -2.08. The summed E-state index contributed by atoms with van der Waals surface area (Å²) in [5.74, 6) is -0.486. The van der Waals surface area contributed by atoms with Crippen molar-refractivity contribution in [3.05, 3.63) is 29.8 Å². The van der Waals surface area contributed by atoms with Crippen LogP contribution in [0.5, 0.6) is 5.75 Å². The Labute approximate surface area is 105 Å². The van der Waals surface area contributed by atoms with Gasteiger partial charge in [-0.25, -0.2) is 9.59 Å². The molecule has 96 valence electrons. The van der Waals surface area contributed by atoms with Crippen molar-refractivity contribution in [2.24, 2.45) is 0 Å². The summed E-state index contributed by atoms with van der Waals surface area (Å²) >= 11 is 0. The van der Waals surface area contributed by atoms with Crippen LogP contribution >= 0.6 is 0 Å². The third kappa shape index (κ3) is 2.87. The molecule has 0 amide bonds. The fourth-order valence-corrected chi connectivity index (χ4v) is 1.83. The van der Waals surface area contributed by atoms with Gasteiger partial charge in [-0.1, -0.05) is 0 Å². The second kappa shape index (κ2) is 5.64. The summed E-state index contributed by atoms with van der Waals surface area (Å²) in [4.78, 5) is 23.3. The van der Waals surface area contributed by atoms with Crippen molar-refractivity contribution < 1.29 is 19.1 Å². The number of carbonyl (C=O) groups is 2. The maximum atomic E-state index is 11.7. The molecule has 1 N–H and O–H groups in total. The molecule has 0 unspecified atom stereocenters. The third-order valence-corrected chi connectivity index (χ3v) is 2.86. The molecule has 0 aliphatic carbocycles. The number of esters is 2. The predicted octanol–water partition coefficient (Wildman–Crippen LogP) is 1.13. The molecule has 1 aliphatic heterocycles. The highest BCUT2D eigenvalue weighted by Crippen LogP contribution is 2.13. The Bertz CT molecular complexity index is 435. The molecule has 1 aromatic rings. The minimum Gasteiger partial charge on any atom is -0.497 e. The molecule has 5 nitrogen and oxygen atoms in total. The van der Waals surface area contributed by atoms with E-state index < -0.39 is 11.9 Å². The van der Waals surface area contributed by atoms with Gasteiger partial charge < -0.3 is 14.8 Å². The molecular formula is C13H15NO4. The van der Waals surface area contributed by atoms with Crippen molar-refractivity contribution in [3.8, 4) is 5.75 Å². The number of rotatable bonds is 3. The summed E-state index contributed by atoms with van der Waals surface area (Å²) in [6.45, 7) is 0.788. The maximum Gasteiger partial charge on any atom is 0.345 e. The maximum absolute atomic E-state index is 11.7. The number of methoxy groups -OCH3 is 1. The average Bonchev–Trinajstić information content (AvgIpc) is 2.92. The van der Waals surface area contributed by atoms with Gasteiger partial charge in [0.15, 0.2) is 0 Å². The average molecular weight is 249 g/mol. The third-order valence-electron chi connectivity index (χ3n) is 2.86. The Hall–Kier alpha value is -1.88. The van der Waals surface area contributed by atoms with Crippen LogP contribution in [0.4, 0.5) is 0 Å². The summed E-state index contributed by atoms with van der Waals surface area (Å²) in [7, 11) is 1.54. The van der Waals surface area contributed by atoms with Gasteiger partial charge in [0.05, 0.1) is 12.7 Å². The number of hydrogen-bond donors (Lipinski definition) is 1. The Morgan fingerprint density at radius 1 is 1.28 bits per heavy atom. The molecule has 0 radical (unpaired) electrons. The second-order valence-corrected chi connectivity index (χ2v) is 4.09. The molecule has 0 bridgehead atoms. The van der Waals surface area contributed by atoms with Gasteiger partial charge in [-0.05, 0) is 43.7 Å². The van der Waals surface area contributed by atoms with E-state index in [1.54, 1.807) is 31.4 Å². The molecule has 5 heteroatoms. The van der Waals surface area contributed by atoms with E-state index in [1.807, 2.05) is 0 Å². The normalized spacial score (nSPS) is 18.4. The number of benzene rings is 1. The highest BCUT2D eigenvalue weighted by atomic mass is 16.6. The zero-order valence-electron chi connectivity index (χ0n) is 10.1. The van der Waals surface area contributed by atoms with Crippen molar-refractivity contribution in [2.45, 2.75) is 18.9 Å². The highest BCUT2D eigenvalue weighted by Gasteiger charge is 2.25. The molecule has 0 spiro atoms. The molecule has 1 atom stereocenters. The number of nitrogens with one attached hydrogen (secondary N) is 1. The van der Waals surface area contributed by atoms with Crippen LogP contribution in [-0.4, -0.2) is 31.6 Å². The van der Waals surface area contributed by atoms with Crippen molar-refractivity contribution in [1.29, 1.82) is 0 Å². The van der Waals surface area contributed by atoms with E-state index in [9.17, 15) is 9.59 Å². The molecule has 0 saturated carbocycles. The zero-order valence-corrected chi connectivity index (χ0v) is 10.1. The first-order chi connectivity index (χ1) is 8.70. The summed E-state index contributed by atoms with van der Waals surface area (Å²) in [6.07, 6.45) is 1.64. The standard InChI is InChI=1S/C13H15NO4/c1-17-10-6-4-9(5-7-10)12(15)18-13(16)11-3-2-8-14-11/h4-7,11,14H,2-3,8H2,1H3/t11-/m0/s1.